The summed E-state index contributed by atoms with van der Waals surface area (Å²) in [7, 11) is -4.04. The Morgan fingerprint density at radius 3 is 2.78 bits per heavy atom. The fourth-order valence-corrected chi connectivity index (χ4v) is 2.56. The van der Waals surface area contributed by atoms with Gasteiger partial charge in [0.05, 0.1) is 18.4 Å². The summed E-state index contributed by atoms with van der Waals surface area (Å²) in [6.07, 6.45) is 1.38. The van der Waals surface area contributed by atoms with E-state index in [9.17, 15) is 12.8 Å². The van der Waals surface area contributed by atoms with Crippen LogP contribution in [0.1, 0.15) is 5.76 Å². The summed E-state index contributed by atoms with van der Waals surface area (Å²) in [5.41, 5.74) is 5.31. The second-order valence-corrected chi connectivity index (χ2v) is 5.17. The predicted octanol–water partition coefficient (Wildman–Crippen LogP) is 0.874. The van der Waals surface area contributed by atoms with Crippen molar-refractivity contribution in [3.05, 3.63) is 42.0 Å². The molecule has 0 unspecified atom stereocenters. The lowest BCUT2D eigenvalue weighted by Crippen LogP contribution is -2.25. The lowest BCUT2D eigenvalue weighted by atomic mass is 10.3. The first kappa shape index (κ1) is 12.5. The summed E-state index contributed by atoms with van der Waals surface area (Å²) in [6, 6.07) is 5.17. The van der Waals surface area contributed by atoms with Gasteiger partial charge >= 0.3 is 0 Å². The third-order valence-corrected chi connectivity index (χ3v) is 3.69. The van der Waals surface area contributed by atoms with Gasteiger partial charge in [-0.25, -0.2) is 17.5 Å². The summed E-state index contributed by atoms with van der Waals surface area (Å²) >= 11 is 0. The quantitative estimate of drug-likeness (QED) is 0.804. The maximum atomic E-state index is 13.5. The number of sulfonamides is 1. The second-order valence-electron chi connectivity index (χ2n) is 3.46. The molecule has 1 aromatic carbocycles. The molecular weight excluding hydrogens is 261 g/mol. The maximum absolute atomic E-state index is 13.5. The van der Waals surface area contributed by atoms with Gasteiger partial charge in [0.2, 0.25) is 10.0 Å². The highest BCUT2D eigenvalue weighted by Crippen LogP contribution is 2.21. The molecule has 3 N–H and O–H groups in total. The Bertz CT molecular complexity index is 620. The number of nitrogens with zero attached hydrogens (tertiary/aromatic N) is 1. The number of rotatable bonds is 4. The molecule has 0 amide bonds. The number of nitrogen functional groups attached to an aromatic ring is 1. The van der Waals surface area contributed by atoms with E-state index in [0.717, 1.165) is 6.07 Å². The average molecular weight is 271 g/mol. The van der Waals surface area contributed by atoms with Crippen molar-refractivity contribution in [2.24, 2.45) is 0 Å². The average Bonchev–Trinajstić information content (AvgIpc) is 2.78. The van der Waals surface area contributed by atoms with Crippen LogP contribution in [-0.2, 0) is 16.6 Å². The van der Waals surface area contributed by atoms with Gasteiger partial charge < -0.3 is 10.3 Å². The van der Waals surface area contributed by atoms with E-state index in [2.05, 4.69) is 9.88 Å². The van der Waals surface area contributed by atoms with Crippen molar-refractivity contribution in [1.82, 2.24) is 9.88 Å². The Kier molecular flexibility index (Phi) is 3.30. The Hall–Kier alpha value is -1.93. The lowest BCUT2D eigenvalue weighted by molar-refractivity contribution is 0.380. The number of nitrogens with one attached hydrogen (secondary N) is 1. The van der Waals surface area contributed by atoms with Gasteiger partial charge in [-0.15, -0.1) is 0 Å². The highest BCUT2D eigenvalue weighted by atomic mass is 32.2. The smallest absolute Gasteiger partial charge is 0.245 e. The summed E-state index contributed by atoms with van der Waals surface area (Å²) < 4.78 is 44.1. The van der Waals surface area contributed by atoms with E-state index in [1.165, 1.54) is 24.4 Å². The zero-order valence-corrected chi connectivity index (χ0v) is 9.95. The molecule has 0 spiro atoms. The van der Waals surface area contributed by atoms with E-state index in [4.69, 9.17) is 10.3 Å². The van der Waals surface area contributed by atoms with E-state index in [1.807, 2.05) is 0 Å². The highest BCUT2D eigenvalue weighted by molar-refractivity contribution is 7.89. The van der Waals surface area contributed by atoms with Crippen molar-refractivity contribution in [3.8, 4) is 0 Å². The molecule has 8 heteroatoms. The van der Waals surface area contributed by atoms with Crippen LogP contribution in [-0.4, -0.2) is 13.6 Å². The van der Waals surface area contributed by atoms with Crippen molar-refractivity contribution in [3.63, 3.8) is 0 Å². The zero-order chi connectivity index (χ0) is 13.2. The summed E-state index contributed by atoms with van der Waals surface area (Å²) in [5, 5.41) is 3.42. The molecule has 2 aromatic rings. The molecule has 0 atom stereocenters. The van der Waals surface area contributed by atoms with Crippen LogP contribution in [0.5, 0.6) is 0 Å². The molecule has 0 fully saturated rings. The first-order valence-corrected chi connectivity index (χ1v) is 6.42. The van der Waals surface area contributed by atoms with Crippen molar-refractivity contribution in [2.75, 3.05) is 5.73 Å². The van der Waals surface area contributed by atoms with Gasteiger partial charge in [-0.1, -0.05) is 11.2 Å². The Labute approximate surface area is 103 Å². The van der Waals surface area contributed by atoms with Crippen LogP contribution in [0.4, 0.5) is 10.1 Å². The molecular formula is C10H10FN3O3S. The van der Waals surface area contributed by atoms with Gasteiger partial charge in [0, 0.05) is 6.07 Å². The van der Waals surface area contributed by atoms with E-state index in [0.29, 0.717) is 5.76 Å². The van der Waals surface area contributed by atoms with Crippen LogP contribution in [0, 0.1) is 5.82 Å². The maximum Gasteiger partial charge on any atom is 0.245 e. The number of aromatic nitrogens is 1. The number of benzene rings is 1. The molecule has 96 valence electrons. The Morgan fingerprint density at radius 2 is 2.17 bits per heavy atom. The van der Waals surface area contributed by atoms with Gasteiger partial charge in [0.25, 0.3) is 0 Å². The summed E-state index contributed by atoms with van der Waals surface area (Å²) in [4.78, 5) is -0.565. The van der Waals surface area contributed by atoms with E-state index >= 15 is 0 Å². The minimum atomic E-state index is -4.04. The second kappa shape index (κ2) is 4.75. The largest absolute Gasteiger partial charge is 0.398 e. The van der Waals surface area contributed by atoms with Gasteiger partial charge in [-0.2, -0.15) is 0 Å². The fraction of sp³-hybridized carbons (Fsp3) is 0.100. The Balaban J connectivity index is 2.26. The minimum Gasteiger partial charge on any atom is -0.398 e. The summed E-state index contributed by atoms with van der Waals surface area (Å²) in [6.45, 7) is -0.129. The molecule has 0 saturated carbocycles. The molecule has 0 bridgehead atoms. The number of anilines is 1. The first-order chi connectivity index (χ1) is 8.50. The van der Waals surface area contributed by atoms with Crippen LogP contribution in [0.3, 0.4) is 0 Å². The van der Waals surface area contributed by atoms with Crippen LogP contribution < -0.4 is 10.5 Å². The molecule has 0 radical (unpaired) electrons. The molecule has 0 saturated heterocycles. The van der Waals surface area contributed by atoms with Crippen molar-refractivity contribution >= 4 is 15.7 Å². The topological polar surface area (TPSA) is 98.2 Å². The minimum absolute atomic E-state index is 0.129. The summed E-state index contributed by atoms with van der Waals surface area (Å²) in [5.74, 6) is -0.589. The monoisotopic (exact) mass is 271 g/mol. The third-order valence-electron chi connectivity index (χ3n) is 2.19. The number of hydrogen-bond acceptors (Lipinski definition) is 5. The van der Waals surface area contributed by atoms with Crippen LogP contribution in [0.2, 0.25) is 0 Å². The Morgan fingerprint density at radius 1 is 1.39 bits per heavy atom. The zero-order valence-electron chi connectivity index (χ0n) is 9.13. The molecule has 2 rings (SSSR count). The van der Waals surface area contributed by atoms with Crippen molar-refractivity contribution in [1.29, 1.82) is 0 Å². The first-order valence-electron chi connectivity index (χ1n) is 4.94. The number of hydrogen-bond donors (Lipinski definition) is 2. The molecule has 0 aliphatic heterocycles. The van der Waals surface area contributed by atoms with Crippen LogP contribution >= 0.6 is 0 Å². The third kappa shape index (κ3) is 2.49. The molecule has 1 heterocycles. The molecule has 18 heavy (non-hydrogen) atoms. The van der Waals surface area contributed by atoms with Crippen molar-refractivity contribution < 1.29 is 17.3 Å². The van der Waals surface area contributed by atoms with Crippen LogP contribution in [0.15, 0.2) is 39.9 Å². The normalized spacial score (nSPS) is 11.6. The molecule has 6 nitrogen and oxygen atoms in total. The lowest BCUT2D eigenvalue weighted by Gasteiger charge is -2.08. The predicted molar refractivity (Wildman–Crippen MR) is 61.3 cm³/mol. The standard InChI is InChI=1S/C10H10FN3O3S/c11-8-2-1-3-9(12)10(8)18(15,16)14-6-7-4-5-13-17-7/h1-5,14H,6,12H2. The molecule has 0 aliphatic carbocycles. The van der Waals surface area contributed by atoms with Gasteiger partial charge in [-0.05, 0) is 12.1 Å². The van der Waals surface area contributed by atoms with E-state index in [-0.39, 0.29) is 12.2 Å². The van der Waals surface area contributed by atoms with E-state index < -0.39 is 20.7 Å². The number of halogens is 1. The van der Waals surface area contributed by atoms with Gasteiger partial charge in [0.1, 0.15) is 10.7 Å². The van der Waals surface area contributed by atoms with Crippen molar-refractivity contribution in [2.45, 2.75) is 11.4 Å². The molecule has 1 aromatic heterocycles. The fourth-order valence-electron chi connectivity index (χ4n) is 1.38. The van der Waals surface area contributed by atoms with E-state index in [1.54, 1.807) is 0 Å². The van der Waals surface area contributed by atoms with Gasteiger partial charge in [-0.3, -0.25) is 0 Å². The van der Waals surface area contributed by atoms with Gasteiger partial charge in [0.15, 0.2) is 5.76 Å². The number of nitrogens with two attached hydrogens (primary N) is 1. The molecule has 0 aliphatic rings. The highest BCUT2D eigenvalue weighted by Gasteiger charge is 2.22. The SMILES string of the molecule is Nc1cccc(F)c1S(=O)(=O)NCc1ccno1. The van der Waals surface area contributed by atoms with Crippen LogP contribution in [0.25, 0.3) is 0 Å².